The molecule has 1 atom stereocenters. The van der Waals surface area contributed by atoms with Crippen molar-refractivity contribution in [3.8, 4) is 0 Å². The van der Waals surface area contributed by atoms with Gasteiger partial charge in [0.1, 0.15) is 0 Å². The first kappa shape index (κ1) is 10.9. The molecule has 1 fully saturated rings. The molecule has 3 heteroatoms. The van der Waals surface area contributed by atoms with Gasteiger partial charge in [0.15, 0.2) is 0 Å². The zero-order valence-corrected chi connectivity index (χ0v) is 9.80. The average molecular weight is 225 g/mol. The molecular formula is C12H17ClN2. The number of hydrogen-bond acceptors (Lipinski definition) is 2. The van der Waals surface area contributed by atoms with E-state index in [-0.39, 0.29) is 0 Å². The summed E-state index contributed by atoms with van der Waals surface area (Å²) in [6.45, 7) is 6.71. The van der Waals surface area contributed by atoms with E-state index >= 15 is 0 Å². The molecule has 2 nitrogen and oxygen atoms in total. The van der Waals surface area contributed by atoms with Crippen LogP contribution in [0.3, 0.4) is 0 Å². The number of benzene rings is 1. The standard InChI is InChI=1S/C12H17ClN2/c1-10(15-8-6-14-7-9-15)11-2-4-12(13)5-3-11/h2-5,10,14H,6-9H2,1H3. The second-order valence-electron chi connectivity index (χ2n) is 4.01. The molecule has 0 saturated carbocycles. The maximum atomic E-state index is 5.88. The van der Waals surface area contributed by atoms with Gasteiger partial charge in [0.05, 0.1) is 0 Å². The fourth-order valence-corrected chi connectivity index (χ4v) is 2.15. The third-order valence-electron chi connectivity index (χ3n) is 3.05. The minimum absolute atomic E-state index is 0.490. The first-order valence-electron chi connectivity index (χ1n) is 5.47. The summed E-state index contributed by atoms with van der Waals surface area (Å²) in [5.74, 6) is 0. The summed E-state index contributed by atoms with van der Waals surface area (Å²) < 4.78 is 0. The Hall–Kier alpha value is -0.570. The summed E-state index contributed by atoms with van der Waals surface area (Å²) >= 11 is 5.88. The molecule has 1 aliphatic rings. The first-order chi connectivity index (χ1) is 7.27. The number of rotatable bonds is 2. The van der Waals surface area contributed by atoms with Gasteiger partial charge >= 0.3 is 0 Å². The van der Waals surface area contributed by atoms with E-state index in [1.165, 1.54) is 5.56 Å². The molecule has 1 saturated heterocycles. The highest BCUT2D eigenvalue weighted by molar-refractivity contribution is 6.30. The summed E-state index contributed by atoms with van der Waals surface area (Å²) in [5.41, 5.74) is 1.35. The number of nitrogens with one attached hydrogen (secondary N) is 1. The van der Waals surface area contributed by atoms with Crippen LogP contribution in [0.4, 0.5) is 0 Å². The topological polar surface area (TPSA) is 15.3 Å². The molecule has 1 aliphatic heterocycles. The first-order valence-corrected chi connectivity index (χ1v) is 5.85. The highest BCUT2D eigenvalue weighted by atomic mass is 35.5. The summed E-state index contributed by atoms with van der Waals surface area (Å²) in [6.07, 6.45) is 0. The third-order valence-corrected chi connectivity index (χ3v) is 3.30. The highest BCUT2D eigenvalue weighted by Crippen LogP contribution is 2.21. The summed E-state index contributed by atoms with van der Waals surface area (Å²) in [5, 5.41) is 4.18. The molecule has 82 valence electrons. The van der Waals surface area contributed by atoms with Gasteiger partial charge in [0.25, 0.3) is 0 Å². The molecule has 0 aromatic heterocycles. The van der Waals surface area contributed by atoms with Crippen LogP contribution in [-0.2, 0) is 0 Å². The molecule has 2 rings (SSSR count). The lowest BCUT2D eigenvalue weighted by Gasteiger charge is -2.33. The van der Waals surface area contributed by atoms with Crippen LogP contribution in [0, 0.1) is 0 Å². The van der Waals surface area contributed by atoms with Gasteiger partial charge in [-0.05, 0) is 24.6 Å². The Balaban J connectivity index is 2.05. The Bertz CT molecular complexity index is 304. The summed E-state index contributed by atoms with van der Waals surface area (Å²) in [6, 6.07) is 8.67. The number of nitrogens with zero attached hydrogens (tertiary/aromatic N) is 1. The molecule has 0 aliphatic carbocycles. The van der Waals surface area contributed by atoms with Crippen LogP contribution < -0.4 is 5.32 Å². The van der Waals surface area contributed by atoms with Crippen molar-refractivity contribution in [2.24, 2.45) is 0 Å². The summed E-state index contributed by atoms with van der Waals surface area (Å²) in [4.78, 5) is 2.50. The normalized spacial score (nSPS) is 20.1. The maximum absolute atomic E-state index is 5.88. The van der Waals surface area contributed by atoms with Crippen molar-refractivity contribution >= 4 is 11.6 Å². The zero-order valence-electron chi connectivity index (χ0n) is 9.04. The Morgan fingerprint density at radius 1 is 1.20 bits per heavy atom. The van der Waals surface area contributed by atoms with Crippen molar-refractivity contribution < 1.29 is 0 Å². The number of halogens is 1. The van der Waals surface area contributed by atoms with Gasteiger partial charge in [-0.15, -0.1) is 0 Å². The smallest absolute Gasteiger partial charge is 0.0406 e. The van der Waals surface area contributed by atoms with E-state index in [1.54, 1.807) is 0 Å². The molecule has 1 aromatic carbocycles. The van der Waals surface area contributed by atoms with Crippen LogP contribution in [0.5, 0.6) is 0 Å². The van der Waals surface area contributed by atoms with Crippen molar-refractivity contribution in [1.29, 1.82) is 0 Å². The lowest BCUT2D eigenvalue weighted by molar-refractivity contribution is 0.185. The van der Waals surface area contributed by atoms with Crippen molar-refractivity contribution in [3.63, 3.8) is 0 Å². The quantitative estimate of drug-likeness (QED) is 0.830. The lowest BCUT2D eigenvalue weighted by Crippen LogP contribution is -2.44. The molecule has 0 radical (unpaired) electrons. The van der Waals surface area contributed by atoms with Gasteiger partial charge < -0.3 is 5.32 Å². The second-order valence-corrected chi connectivity index (χ2v) is 4.45. The minimum atomic E-state index is 0.490. The predicted molar refractivity (Wildman–Crippen MR) is 64.3 cm³/mol. The van der Waals surface area contributed by atoms with Crippen LogP contribution in [0.15, 0.2) is 24.3 Å². The van der Waals surface area contributed by atoms with Crippen LogP contribution in [0.25, 0.3) is 0 Å². The molecule has 1 N–H and O–H groups in total. The van der Waals surface area contributed by atoms with E-state index in [2.05, 4.69) is 29.3 Å². The molecule has 1 aromatic rings. The fraction of sp³-hybridized carbons (Fsp3) is 0.500. The molecule has 0 bridgehead atoms. The van der Waals surface area contributed by atoms with E-state index in [0.29, 0.717) is 6.04 Å². The molecule has 0 amide bonds. The van der Waals surface area contributed by atoms with Gasteiger partial charge in [-0.2, -0.15) is 0 Å². The number of piperazine rings is 1. The molecule has 1 heterocycles. The van der Waals surface area contributed by atoms with E-state index < -0.39 is 0 Å². The number of hydrogen-bond donors (Lipinski definition) is 1. The summed E-state index contributed by atoms with van der Waals surface area (Å²) in [7, 11) is 0. The Kier molecular flexibility index (Phi) is 3.62. The van der Waals surface area contributed by atoms with Gasteiger partial charge in [0, 0.05) is 37.2 Å². The highest BCUT2D eigenvalue weighted by Gasteiger charge is 2.17. The average Bonchev–Trinajstić information content (AvgIpc) is 2.30. The Labute approximate surface area is 96.2 Å². The van der Waals surface area contributed by atoms with Crippen LogP contribution >= 0.6 is 11.6 Å². The fourth-order valence-electron chi connectivity index (χ4n) is 2.02. The van der Waals surface area contributed by atoms with E-state index in [1.807, 2.05) is 12.1 Å². The predicted octanol–water partition coefficient (Wildman–Crippen LogP) is 2.31. The maximum Gasteiger partial charge on any atom is 0.0406 e. The van der Waals surface area contributed by atoms with Crippen LogP contribution in [0.1, 0.15) is 18.5 Å². The lowest BCUT2D eigenvalue weighted by atomic mass is 10.1. The monoisotopic (exact) mass is 224 g/mol. The van der Waals surface area contributed by atoms with Gasteiger partial charge in [-0.3, -0.25) is 4.90 Å². The Morgan fingerprint density at radius 2 is 1.80 bits per heavy atom. The molecule has 15 heavy (non-hydrogen) atoms. The largest absolute Gasteiger partial charge is 0.314 e. The van der Waals surface area contributed by atoms with E-state index in [9.17, 15) is 0 Å². The van der Waals surface area contributed by atoms with Gasteiger partial charge in [0.2, 0.25) is 0 Å². The van der Waals surface area contributed by atoms with Crippen LogP contribution in [-0.4, -0.2) is 31.1 Å². The minimum Gasteiger partial charge on any atom is -0.314 e. The van der Waals surface area contributed by atoms with Gasteiger partial charge in [-0.25, -0.2) is 0 Å². The molecular weight excluding hydrogens is 208 g/mol. The van der Waals surface area contributed by atoms with Crippen molar-refractivity contribution in [3.05, 3.63) is 34.9 Å². The van der Waals surface area contributed by atoms with E-state index in [0.717, 1.165) is 31.2 Å². The van der Waals surface area contributed by atoms with E-state index in [4.69, 9.17) is 11.6 Å². The second kappa shape index (κ2) is 4.97. The van der Waals surface area contributed by atoms with Gasteiger partial charge in [-0.1, -0.05) is 23.7 Å². The zero-order chi connectivity index (χ0) is 10.7. The van der Waals surface area contributed by atoms with Crippen molar-refractivity contribution in [2.45, 2.75) is 13.0 Å². The van der Waals surface area contributed by atoms with Crippen LogP contribution in [0.2, 0.25) is 5.02 Å². The molecule has 1 unspecified atom stereocenters. The SMILES string of the molecule is CC(c1ccc(Cl)cc1)N1CCNCC1. The third kappa shape index (κ3) is 2.71. The van der Waals surface area contributed by atoms with Crippen molar-refractivity contribution in [2.75, 3.05) is 26.2 Å². The van der Waals surface area contributed by atoms with Crippen molar-refractivity contribution in [1.82, 2.24) is 10.2 Å². The molecule has 0 spiro atoms. The Morgan fingerprint density at radius 3 is 2.40 bits per heavy atom.